The molecular formula is C10H10F2O3. The zero-order chi connectivity index (χ0) is 11.5. The van der Waals surface area contributed by atoms with Gasteiger partial charge in [-0.25, -0.2) is 8.78 Å². The largest absolute Gasteiger partial charge is 0.481 e. The predicted octanol–water partition coefficient (Wildman–Crippen LogP) is 1.48. The highest BCUT2D eigenvalue weighted by Gasteiger charge is 2.45. The van der Waals surface area contributed by atoms with E-state index in [0.29, 0.717) is 0 Å². The van der Waals surface area contributed by atoms with E-state index < -0.39 is 24.4 Å². The number of benzene rings is 1. The number of hydrogen-bond donors (Lipinski definition) is 2. The highest BCUT2D eigenvalue weighted by molar-refractivity contribution is 5.77. The number of carboxylic acid groups (broad SMARTS) is 1. The van der Waals surface area contributed by atoms with Crippen molar-refractivity contribution in [3.8, 4) is 0 Å². The first-order valence-electron chi connectivity index (χ1n) is 4.25. The molecule has 1 atom stereocenters. The zero-order valence-corrected chi connectivity index (χ0v) is 7.73. The molecule has 0 aliphatic heterocycles. The summed E-state index contributed by atoms with van der Waals surface area (Å²) in [6.07, 6.45) is 0. The minimum Gasteiger partial charge on any atom is -0.481 e. The second kappa shape index (κ2) is 4.35. The molecule has 0 saturated heterocycles. The number of halogens is 2. The van der Waals surface area contributed by atoms with Gasteiger partial charge < -0.3 is 10.2 Å². The maximum Gasteiger partial charge on any atom is 0.317 e. The number of carboxylic acids is 1. The lowest BCUT2D eigenvalue weighted by Gasteiger charge is -2.21. The van der Waals surface area contributed by atoms with Gasteiger partial charge in [-0.15, -0.1) is 0 Å². The van der Waals surface area contributed by atoms with Crippen molar-refractivity contribution >= 4 is 5.97 Å². The molecule has 0 aromatic heterocycles. The van der Waals surface area contributed by atoms with E-state index in [-0.39, 0.29) is 5.56 Å². The van der Waals surface area contributed by atoms with E-state index >= 15 is 0 Å². The van der Waals surface area contributed by atoms with Crippen molar-refractivity contribution in [2.24, 2.45) is 0 Å². The van der Waals surface area contributed by atoms with Gasteiger partial charge in [0.2, 0.25) is 0 Å². The molecular weight excluding hydrogens is 206 g/mol. The molecule has 2 N–H and O–H groups in total. The van der Waals surface area contributed by atoms with Gasteiger partial charge in [0.25, 0.3) is 5.92 Å². The predicted molar refractivity (Wildman–Crippen MR) is 48.9 cm³/mol. The van der Waals surface area contributed by atoms with Crippen LogP contribution in [0, 0.1) is 0 Å². The second-order valence-corrected chi connectivity index (χ2v) is 3.10. The Morgan fingerprint density at radius 2 is 1.87 bits per heavy atom. The number of hydrogen-bond acceptors (Lipinski definition) is 2. The van der Waals surface area contributed by atoms with E-state index in [1.54, 1.807) is 6.07 Å². The second-order valence-electron chi connectivity index (χ2n) is 3.10. The Kier molecular flexibility index (Phi) is 3.36. The quantitative estimate of drug-likeness (QED) is 0.801. The van der Waals surface area contributed by atoms with Crippen LogP contribution in [0.4, 0.5) is 8.78 Å². The molecule has 15 heavy (non-hydrogen) atoms. The number of carbonyl (C=O) groups is 1. The summed E-state index contributed by atoms with van der Waals surface area (Å²) in [5, 5.41) is 17.2. The molecule has 5 heteroatoms. The van der Waals surface area contributed by atoms with Crippen molar-refractivity contribution in [1.82, 2.24) is 0 Å². The summed E-state index contributed by atoms with van der Waals surface area (Å²) in [5.41, 5.74) is -0.0240. The van der Waals surface area contributed by atoms with Crippen LogP contribution >= 0.6 is 0 Å². The molecule has 0 spiro atoms. The smallest absolute Gasteiger partial charge is 0.317 e. The fourth-order valence-corrected chi connectivity index (χ4v) is 1.30. The zero-order valence-electron chi connectivity index (χ0n) is 7.73. The topological polar surface area (TPSA) is 57.5 Å². The summed E-state index contributed by atoms with van der Waals surface area (Å²) >= 11 is 0. The standard InChI is InChI=1S/C10H10F2O3/c11-10(12,6-13)8(9(14)15)7-4-2-1-3-5-7/h1-5,8,13H,6H2,(H,14,15). The van der Waals surface area contributed by atoms with Crippen LogP contribution in [0.5, 0.6) is 0 Å². The fourth-order valence-electron chi connectivity index (χ4n) is 1.30. The molecule has 0 aliphatic rings. The van der Waals surface area contributed by atoms with Crippen molar-refractivity contribution in [3.05, 3.63) is 35.9 Å². The molecule has 1 unspecified atom stereocenters. The van der Waals surface area contributed by atoms with Crippen LogP contribution in [-0.4, -0.2) is 28.7 Å². The van der Waals surface area contributed by atoms with E-state index in [9.17, 15) is 13.6 Å². The molecule has 0 fully saturated rings. The molecule has 1 aromatic carbocycles. The van der Waals surface area contributed by atoms with Crippen LogP contribution < -0.4 is 0 Å². The Hall–Kier alpha value is -1.49. The fraction of sp³-hybridized carbons (Fsp3) is 0.300. The summed E-state index contributed by atoms with van der Waals surface area (Å²) in [6.45, 7) is -1.49. The van der Waals surface area contributed by atoms with Gasteiger partial charge in [0.1, 0.15) is 12.5 Å². The van der Waals surface area contributed by atoms with Crippen LogP contribution in [0.15, 0.2) is 30.3 Å². The van der Waals surface area contributed by atoms with Gasteiger partial charge in [0, 0.05) is 0 Å². The van der Waals surface area contributed by atoms with Crippen molar-refractivity contribution in [1.29, 1.82) is 0 Å². The molecule has 3 nitrogen and oxygen atoms in total. The van der Waals surface area contributed by atoms with Crippen molar-refractivity contribution in [3.63, 3.8) is 0 Å². The summed E-state index contributed by atoms with van der Waals surface area (Å²) in [6, 6.07) is 7.13. The maximum atomic E-state index is 13.1. The minimum atomic E-state index is -3.66. The molecule has 0 heterocycles. The lowest BCUT2D eigenvalue weighted by atomic mass is 9.93. The van der Waals surface area contributed by atoms with E-state index in [1.165, 1.54) is 24.3 Å². The summed E-state index contributed by atoms with van der Waals surface area (Å²) in [5.74, 6) is -7.32. The third-order valence-electron chi connectivity index (χ3n) is 2.01. The van der Waals surface area contributed by atoms with Crippen LogP contribution in [0.3, 0.4) is 0 Å². The van der Waals surface area contributed by atoms with Crippen molar-refractivity contribution in [2.45, 2.75) is 11.8 Å². The Morgan fingerprint density at radius 3 is 2.27 bits per heavy atom. The van der Waals surface area contributed by atoms with Gasteiger partial charge in [-0.2, -0.15) is 0 Å². The summed E-state index contributed by atoms with van der Waals surface area (Å²) in [7, 11) is 0. The molecule has 0 aliphatic carbocycles. The number of rotatable bonds is 4. The number of aliphatic hydroxyl groups is 1. The Balaban J connectivity index is 3.10. The molecule has 1 rings (SSSR count). The van der Waals surface area contributed by atoms with Crippen molar-refractivity contribution in [2.75, 3.05) is 6.61 Å². The lowest BCUT2D eigenvalue weighted by Crippen LogP contribution is -2.35. The van der Waals surface area contributed by atoms with E-state index in [4.69, 9.17) is 10.2 Å². The maximum absolute atomic E-state index is 13.1. The van der Waals surface area contributed by atoms with E-state index in [0.717, 1.165) is 0 Å². The Labute approximate surface area is 85.0 Å². The van der Waals surface area contributed by atoms with Gasteiger partial charge >= 0.3 is 5.97 Å². The van der Waals surface area contributed by atoms with Gasteiger partial charge in [-0.1, -0.05) is 30.3 Å². The monoisotopic (exact) mass is 216 g/mol. The first-order chi connectivity index (χ1) is 6.99. The highest BCUT2D eigenvalue weighted by Crippen LogP contribution is 2.33. The Morgan fingerprint density at radius 1 is 1.33 bits per heavy atom. The molecule has 0 saturated carbocycles. The molecule has 0 radical (unpaired) electrons. The number of alkyl halides is 2. The first-order valence-corrected chi connectivity index (χ1v) is 4.25. The van der Waals surface area contributed by atoms with Crippen LogP contribution in [0.2, 0.25) is 0 Å². The van der Waals surface area contributed by atoms with E-state index in [1.807, 2.05) is 0 Å². The van der Waals surface area contributed by atoms with E-state index in [2.05, 4.69) is 0 Å². The third kappa shape index (κ3) is 2.50. The third-order valence-corrected chi connectivity index (χ3v) is 2.01. The first kappa shape index (κ1) is 11.6. The summed E-state index contributed by atoms with van der Waals surface area (Å²) < 4.78 is 26.2. The van der Waals surface area contributed by atoms with Gasteiger partial charge in [0.05, 0.1) is 0 Å². The van der Waals surface area contributed by atoms with Crippen molar-refractivity contribution < 1.29 is 23.8 Å². The average Bonchev–Trinajstić information content (AvgIpc) is 2.18. The molecule has 0 bridgehead atoms. The van der Waals surface area contributed by atoms with Crippen LogP contribution in [0.25, 0.3) is 0 Å². The lowest BCUT2D eigenvalue weighted by molar-refractivity contribution is -0.153. The molecule has 1 aromatic rings. The Bertz CT molecular complexity index is 338. The van der Waals surface area contributed by atoms with Crippen LogP contribution in [0.1, 0.15) is 11.5 Å². The number of aliphatic carboxylic acids is 1. The average molecular weight is 216 g/mol. The van der Waals surface area contributed by atoms with Gasteiger partial charge in [-0.05, 0) is 5.56 Å². The van der Waals surface area contributed by atoms with Gasteiger partial charge in [0.15, 0.2) is 0 Å². The SMILES string of the molecule is O=C(O)C(c1ccccc1)C(F)(F)CO. The number of aliphatic hydroxyl groups excluding tert-OH is 1. The van der Waals surface area contributed by atoms with Crippen LogP contribution in [-0.2, 0) is 4.79 Å². The summed E-state index contributed by atoms with van der Waals surface area (Å²) in [4.78, 5) is 10.7. The molecule has 82 valence electrons. The minimum absolute atomic E-state index is 0.0240. The molecule has 0 amide bonds. The highest BCUT2D eigenvalue weighted by atomic mass is 19.3. The normalized spacial score (nSPS) is 13.5. The van der Waals surface area contributed by atoms with Gasteiger partial charge in [-0.3, -0.25) is 4.79 Å².